The Bertz CT molecular complexity index is 676. The van der Waals surface area contributed by atoms with Crippen molar-refractivity contribution in [1.82, 2.24) is 15.1 Å². The number of hydrogen-bond donors (Lipinski definition) is 2. The molecule has 3 N–H and O–H groups in total. The van der Waals surface area contributed by atoms with Crippen LogP contribution in [0, 0.1) is 0 Å². The quantitative estimate of drug-likeness (QED) is 0.216. The Morgan fingerprint density at radius 1 is 0.824 bits per heavy atom. The van der Waals surface area contributed by atoms with Crippen molar-refractivity contribution in [2.24, 2.45) is 0 Å². The molecule has 0 unspecified atom stereocenters. The van der Waals surface area contributed by atoms with Crippen LogP contribution >= 0.6 is 0 Å². The third-order valence-electron chi connectivity index (χ3n) is 4.71. The van der Waals surface area contributed by atoms with E-state index < -0.39 is 0 Å². The van der Waals surface area contributed by atoms with Gasteiger partial charge in [0, 0.05) is 51.6 Å². The summed E-state index contributed by atoms with van der Waals surface area (Å²) >= 11 is 0. The van der Waals surface area contributed by atoms with Gasteiger partial charge in [0.1, 0.15) is 6.61 Å². The summed E-state index contributed by atoms with van der Waals surface area (Å²) in [4.78, 5) is 27.4. The zero-order valence-electron chi connectivity index (χ0n) is 20.6. The van der Waals surface area contributed by atoms with Gasteiger partial charge in [0.05, 0.1) is 46.2 Å². The molecule has 0 aliphatic heterocycles. The van der Waals surface area contributed by atoms with Gasteiger partial charge in [-0.1, -0.05) is 0 Å². The lowest BCUT2D eigenvalue weighted by molar-refractivity contribution is 0.00396. The number of carbonyl (C=O) groups is 2. The maximum absolute atomic E-state index is 11.9. The number of nitrogens with one attached hydrogen (secondary N) is 1. The number of amides is 2. The topological polar surface area (TPSA) is 125 Å². The zero-order chi connectivity index (χ0) is 25.0. The van der Waals surface area contributed by atoms with E-state index in [1.165, 1.54) is 4.90 Å². The van der Waals surface area contributed by atoms with E-state index in [1.54, 1.807) is 38.4 Å². The lowest BCUT2D eigenvalue weighted by Crippen LogP contribution is -2.36. The summed E-state index contributed by atoms with van der Waals surface area (Å²) in [5.41, 5.74) is 6.77. The van der Waals surface area contributed by atoms with Gasteiger partial charge in [0.25, 0.3) is 5.91 Å². The van der Waals surface area contributed by atoms with Crippen LogP contribution in [0.2, 0.25) is 0 Å². The van der Waals surface area contributed by atoms with Gasteiger partial charge in [-0.05, 0) is 31.3 Å². The van der Waals surface area contributed by atoms with E-state index in [9.17, 15) is 9.59 Å². The Morgan fingerprint density at radius 2 is 1.41 bits per heavy atom. The highest BCUT2D eigenvalue weighted by molar-refractivity contribution is 5.94. The maximum atomic E-state index is 11.9. The molecule has 0 aromatic heterocycles. The van der Waals surface area contributed by atoms with Crippen molar-refractivity contribution >= 4 is 17.7 Å². The van der Waals surface area contributed by atoms with Gasteiger partial charge < -0.3 is 44.5 Å². The average Bonchev–Trinajstić information content (AvgIpc) is 2.84. The molecule has 0 spiro atoms. The summed E-state index contributed by atoms with van der Waals surface area (Å²) in [5.74, 6) is -0.167. The zero-order valence-corrected chi connectivity index (χ0v) is 20.6. The number of methoxy groups -OCH3 is 1. The molecule has 1 aromatic carbocycles. The molecule has 0 fully saturated rings. The van der Waals surface area contributed by atoms with Crippen molar-refractivity contribution < 1.29 is 33.3 Å². The van der Waals surface area contributed by atoms with Crippen molar-refractivity contribution in [1.29, 1.82) is 0 Å². The summed E-state index contributed by atoms with van der Waals surface area (Å²) in [5, 5.41) is 2.77. The van der Waals surface area contributed by atoms with E-state index in [-0.39, 0.29) is 18.6 Å². The van der Waals surface area contributed by atoms with Crippen LogP contribution in [-0.4, -0.2) is 122 Å². The van der Waals surface area contributed by atoms with Crippen LogP contribution in [0.15, 0.2) is 24.3 Å². The first kappa shape index (κ1) is 29.6. The highest BCUT2D eigenvalue weighted by Gasteiger charge is 2.10. The molecule has 0 aliphatic carbocycles. The molecular weight excluding hydrogens is 444 g/mol. The van der Waals surface area contributed by atoms with Crippen molar-refractivity contribution in [3.05, 3.63) is 29.8 Å². The first-order valence-corrected chi connectivity index (χ1v) is 11.4. The van der Waals surface area contributed by atoms with Gasteiger partial charge >= 0.3 is 6.09 Å². The molecule has 34 heavy (non-hydrogen) atoms. The molecule has 0 saturated carbocycles. The van der Waals surface area contributed by atoms with Crippen LogP contribution in [0.3, 0.4) is 0 Å². The molecule has 0 radical (unpaired) electrons. The minimum atomic E-state index is -0.373. The van der Waals surface area contributed by atoms with Crippen LogP contribution in [0.5, 0.6) is 0 Å². The second-order valence-electron chi connectivity index (χ2n) is 7.55. The van der Waals surface area contributed by atoms with Gasteiger partial charge in [0.2, 0.25) is 0 Å². The van der Waals surface area contributed by atoms with Crippen LogP contribution < -0.4 is 11.1 Å². The predicted molar refractivity (Wildman–Crippen MR) is 129 cm³/mol. The Labute approximate surface area is 202 Å². The molecule has 0 heterocycles. The third kappa shape index (κ3) is 14.7. The highest BCUT2D eigenvalue weighted by Crippen LogP contribution is 2.04. The number of ether oxygens (including phenoxy) is 5. The lowest BCUT2D eigenvalue weighted by atomic mass is 10.2. The summed E-state index contributed by atoms with van der Waals surface area (Å²) in [6.07, 6.45) is -0.373. The Kier molecular flexibility index (Phi) is 16.5. The molecule has 0 saturated heterocycles. The fourth-order valence-corrected chi connectivity index (χ4v) is 2.58. The molecule has 11 heteroatoms. The first-order valence-electron chi connectivity index (χ1n) is 11.4. The SMILES string of the molecule is COCCN(C)CCN(C)C(=O)OCCOCCOCCOCCNC(=O)c1ccc(N)cc1. The number of nitrogens with zero attached hydrogens (tertiary/aromatic N) is 2. The van der Waals surface area contributed by atoms with Crippen LogP contribution in [0.4, 0.5) is 10.5 Å². The second kappa shape index (κ2) is 18.9. The fourth-order valence-electron chi connectivity index (χ4n) is 2.58. The average molecular weight is 485 g/mol. The summed E-state index contributed by atoms with van der Waals surface area (Å²) in [7, 11) is 5.35. The van der Waals surface area contributed by atoms with Crippen LogP contribution in [-0.2, 0) is 23.7 Å². The van der Waals surface area contributed by atoms with Crippen molar-refractivity contribution in [3.63, 3.8) is 0 Å². The minimum absolute atomic E-state index is 0.167. The third-order valence-corrected chi connectivity index (χ3v) is 4.71. The van der Waals surface area contributed by atoms with Gasteiger partial charge in [-0.25, -0.2) is 4.79 Å². The number of carbonyl (C=O) groups excluding carboxylic acids is 2. The van der Waals surface area contributed by atoms with Crippen LogP contribution in [0.1, 0.15) is 10.4 Å². The molecular formula is C23H40N4O7. The number of nitrogens with two attached hydrogens (primary N) is 1. The summed E-state index contributed by atoms with van der Waals surface area (Å²) in [6.45, 7) is 5.73. The van der Waals surface area contributed by atoms with Gasteiger partial charge in [-0.3, -0.25) is 4.79 Å². The maximum Gasteiger partial charge on any atom is 0.409 e. The second-order valence-corrected chi connectivity index (χ2v) is 7.55. The van der Waals surface area contributed by atoms with E-state index >= 15 is 0 Å². The fraction of sp³-hybridized carbons (Fsp3) is 0.652. The minimum Gasteiger partial charge on any atom is -0.447 e. The Morgan fingerprint density at radius 3 is 2.03 bits per heavy atom. The number of nitrogen functional groups attached to an aromatic ring is 1. The predicted octanol–water partition coefficient (Wildman–Crippen LogP) is 0.695. The van der Waals surface area contributed by atoms with Crippen molar-refractivity contribution in [2.75, 3.05) is 106 Å². The largest absolute Gasteiger partial charge is 0.447 e. The number of anilines is 1. The van der Waals surface area contributed by atoms with E-state index in [0.717, 1.165) is 13.1 Å². The summed E-state index contributed by atoms with van der Waals surface area (Å²) < 4.78 is 26.4. The number of benzene rings is 1. The molecule has 0 bridgehead atoms. The van der Waals surface area contributed by atoms with Gasteiger partial charge in [-0.15, -0.1) is 0 Å². The Balaban J connectivity index is 1.88. The summed E-state index contributed by atoms with van der Waals surface area (Å²) in [6, 6.07) is 6.72. The monoisotopic (exact) mass is 484 g/mol. The van der Waals surface area contributed by atoms with Gasteiger partial charge in [0.15, 0.2) is 0 Å². The smallest absolute Gasteiger partial charge is 0.409 e. The lowest BCUT2D eigenvalue weighted by Gasteiger charge is -2.21. The van der Waals surface area contributed by atoms with E-state index in [2.05, 4.69) is 10.2 Å². The number of hydrogen-bond acceptors (Lipinski definition) is 9. The molecule has 194 valence electrons. The van der Waals surface area contributed by atoms with E-state index in [1.807, 2.05) is 7.05 Å². The standard InChI is InChI=1S/C23H40N4O7/c1-26(11-13-30-3)9-10-27(2)23(29)34-19-18-33-17-16-32-15-14-31-12-8-25-22(28)20-4-6-21(24)7-5-20/h4-7H,8-19,24H2,1-3H3,(H,25,28). The number of rotatable bonds is 19. The molecule has 2 amide bonds. The van der Waals surface area contributed by atoms with E-state index in [4.69, 9.17) is 29.4 Å². The van der Waals surface area contributed by atoms with Crippen LogP contribution in [0.25, 0.3) is 0 Å². The normalized spacial score (nSPS) is 10.9. The van der Waals surface area contributed by atoms with E-state index in [0.29, 0.717) is 70.6 Å². The number of likely N-dealkylation sites (N-methyl/N-ethyl adjacent to an activating group) is 2. The van der Waals surface area contributed by atoms with Crippen molar-refractivity contribution in [2.45, 2.75) is 0 Å². The molecule has 1 aromatic rings. The van der Waals surface area contributed by atoms with Gasteiger partial charge in [-0.2, -0.15) is 0 Å². The Hall–Kier alpha value is -2.44. The molecule has 1 rings (SSSR count). The first-order chi connectivity index (χ1) is 16.4. The molecule has 11 nitrogen and oxygen atoms in total. The highest BCUT2D eigenvalue weighted by atomic mass is 16.6. The molecule has 0 aliphatic rings. The molecule has 0 atom stereocenters. The van der Waals surface area contributed by atoms with Crippen molar-refractivity contribution in [3.8, 4) is 0 Å².